The maximum absolute atomic E-state index is 12.7. The lowest BCUT2D eigenvalue weighted by atomic mass is 10.1. The molecule has 0 aliphatic carbocycles. The van der Waals surface area contributed by atoms with E-state index in [0.29, 0.717) is 34.7 Å². The molecular formula is C20H25BrN2O5S. The van der Waals surface area contributed by atoms with Crippen LogP contribution in [0.4, 0.5) is 5.69 Å². The second kappa shape index (κ2) is 10.1. The Balaban J connectivity index is 2.28. The first-order chi connectivity index (χ1) is 13.7. The van der Waals surface area contributed by atoms with Crippen molar-refractivity contribution < 1.29 is 22.7 Å². The zero-order valence-electron chi connectivity index (χ0n) is 16.9. The van der Waals surface area contributed by atoms with Crippen molar-refractivity contribution in [3.8, 4) is 11.5 Å². The standard InChI is InChI=1S/C20H25BrN2O5S/c1-5-27-17-11-14(15(21)13-18(17)28-6-2)12-20(24)22-16-9-7-8-10-19(16)29(25,26)23(3)4/h7-11,13H,5-6,12H2,1-4H3,(H,22,24). The van der Waals surface area contributed by atoms with Crippen LogP contribution in [0.1, 0.15) is 19.4 Å². The van der Waals surface area contributed by atoms with Gasteiger partial charge in [0.15, 0.2) is 11.5 Å². The lowest BCUT2D eigenvalue weighted by Gasteiger charge is -2.16. The molecule has 7 nitrogen and oxygen atoms in total. The molecule has 9 heteroatoms. The normalized spacial score (nSPS) is 11.4. The average molecular weight is 485 g/mol. The maximum Gasteiger partial charge on any atom is 0.244 e. The number of hydrogen-bond acceptors (Lipinski definition) is 5. The van der Waals surface area contributed by atoms with Gasteiger partial charge in [-0.2, -0.15) is 0 Å². The number of hydrogen-bond donors (Lipinski definition) is 1. The van der Waals surface area contributed by atoms with Gasteiger partial charge in [0, 0.05) is 18.6 Å². The molecule has 2 aromatic carbocycles. The number of anilines is 1. The zero-order chi connectivity index (χ0) is 21.6. The molecule has 0 radical (unpaired) electrons. The summed E-state index contributed by atoms with van der Waals surface area (Å²) in [5.41, 5.74) is 0.931. The fraction of sp³-hybridized carbons (Fsp3) is 0.350. The van der Waals surface area contributed by atoms with E-state index >= 15 is 0 Å². The minimum absolute atomic E-state index is 0.0312. The molecule has 0 atom stereocenters. The molecule has 0 spiro atoms. The second-order valence-electron chi connectivity index (χ2n) is 6.26. The average Bonchev–Trinajstić information content (AvgIpc) is 2.65. The highest BCUT2D eigenvalue weighted by atomic mass is 79.9. The molecule has 2 aromatic rings. The van der Waals surface area contributed by atoms with Crippen LogP contribution in [0.5, 0.6) is 11.5 Å². The quantitative estimate of drug-likeness (QED) is 0.586. The molecule has 0 heterocycles. The van der Waals surface area contributed by atoms with Crippen molar-refractivity contribution in [3.05, 3.63) is 46.4 Å². The fourth-order valence-corrected chi connectivity index (χ4v) is 4.11. The molecule has 0 saturated carbocycles. The Morgan fingerprint density at radius 2 is 1.66 bits per heavy atom. The van der Waals surface area contributed by atoms with E-state index in [1.807, 2.05) is 13.8 Å². The van der Waals surface area contributed by atoms with E-state index in [2.05, 4.69) is 21.2 Å². The Morgan fingerprint density at radius 1 is 1.07 bits per heavy atom. The minimum Gasteiger partial charge on any atom is -0.490 e. The summed E-state index contributed by atoms with van der Waals surface area (Å²) in [6.45, 7) is 4.70. The van der Waals surface area contributed by atoms with E-state index in [1.165, 1.54) is 20.2 Å². The number of nitrogens with one attached hydrogen (secondary N) is 1. The summed E-state index contributed by atoms with van der Waals surface area (Å²) in [5, 5.41) is 2.70. The molecule has 1 amide bonds. The number of para-hydroxylation sites is 1. The number of ether oxygens (including phenoxy) is 2. The van der Waals surface area contributed by atoms with Crippen LogP contribution in [0, 0.1) is 0 Å². The van der Waals surface area contributed by atoms with Crippen LogP contribution in [-0.2, 0) is 21.2 Å². The van der Waals surface area contributed by atoms with Crippen molar-refractivity contribution in [2.45, 2.75) is 25.2 Å². The van der Waals surface area contributed by atoms with E-state index in [1.54, 1.807) is 30.3 Å². The summed E-state index contributed by atoms with van der Waals surface area (Å²) in [5.74, 6) is 0.794. The predicted octanol–water partition coefficient (Wildman–Crippen LogP) is 3.68. The van der Waals surface area contributed by atoms with Crippen LogP contribution in [0.25, 0.3) is 0 Å². The van der Waals surface area contributed by atoms with Crippen LogP contribution in [0.3, 0.4) is 0 Å². The maximum atomic E-state index is 12.7. The van der Waals surface area contributed by atoms with Crippen molar-refractivity contribution in [3.63, 3.8) is 0 Å². The van der Waals surface area contributed by atoms with Crippen LogP contribution >= 0.6 is 15.9 Å². The van der Waals surface area contributed by atoms with Crippen LogP contribution in [0.15, 0.2) is 45.8 Å². The van der Waals surface area contributed by atoms with Crippen molar-refractivity contribution in [2.75, 3.05) is 32.6 Å². The molecule has 0 saturated heterocycles. The number of sulfonamides is 1. The van der Waals surface area contributed by atoms with Gasteiger partial charge in [0.1, 0.15) is 4.90 Å². The van der Waals surface area contributed by atoms with E-state index in [9.17, 15) is 13.2 Å². The summed E-state index contributed by atoms with van der Waals surface area (Å²) in [6.07, 6.45) is 0.0312. The molecular weight excluding hydrogens is 460 g/mol. The number of rotatable bonds is 9. The van der Waals surface area contributed by atoms with E-state index in [4.69, 9.17) is 9.47 Å². The van der Waals surface area contributed by atoms with Crippen molar-refractivity contribution >= 4 is 37.5 Å². The molecule has 2 rings (SSSR count). The van der Waals surface area contributed by atoms with Crippen LogP contribution in [0.2, 0.25) is 0 Å². The van der Waals surface area contributed by atoms with Gasteiger partial charge in [0.2, 0.25) is 15.9 Å². The number of nitrogens with zero attached hydrogens (tertiary/aromatic N) is 1. The van der Waals surface area contributed by atoms with Gasteiger partial charge in [-0.3, -0.25) is 4.79 Å². The third kappa shape index (κ3) is 5.71. The van der Waals surface area contributed by atoms with Crippen LogP contribution in [-0.4, -0.2) is 45.9 Å². The molecule has 0 aliphatic heterocycles. The second-order valence-corrected chi connectivity index (χ2v) is 9.24. The number of benzene rings is 2. The van der Waals surface area contributed by atoms with Gasteiger partial charge in [-0.25, -0.2) is 12.7 Å². The van der Waals surface area contributed by atoms with Gasteiger partial charge >= 0.3 is 0 Å². The summed E-state index contributed by atoms with van der Waals surface area (Å²) >= 11 is 3.46. The number of amides is 1. The Hall–Kier alpha value is -2.10. The monoisotopic (exact) mass is 484 g/mol. The number of halogens is 1. The Labute approximate surface area is 180 Å². The molecule has 158 valence electrons. The molecule has 0 aromatic heterocycles. The molecule has 1 N–H and O–H groups in total. The molecule has 0 aliphatic rings. The first kappa shape index (κ1) is 23.2. The first-order valence-electron chi connectivity index (χ1n) is 9.10. The van der Waals surface area contributed by atoms with Gasteiger partial charge in [-0.15, -0.1) is 0 Å². The molecule has 0 unspecified atom stereocenters. The number of carbonyl (C=O) groups is 1. The Morgan fingerprint density at radius 3 is 2.24 bits per heavy atom. The van der Waals surface area contributed by atoms with E-state index < -0.39 is 10.0 Å². The highest BCUT2D eigenvalue weighted by molar-refractivity contribution is 9.10. The molecule has 0 fully saturated rings. The lowest BCUT2D eigenvalue weighted by Crippen LogP contribution is -2.24. The summed E-state index contributed by atoms with van der Waals surface area (Å²) < 4.78 is 38.0. The van der Waals surface area contributed by atoms with Gasteiger partial charge in [-0.1, -0.05) is 28.1 Å². The highest BCUT2D eigenvalue weighted by Gasteiger charge is 2.22. The topological polar surface area (TPSA) is 84.9 Å². The minimum atomic E-state index is -3.69. The molecule has 29 heavy (non-hydrogen) atoms. The summed E-state index contributed by atoms with van der Waals surface area (Å²) in [4.78, 5) is 12.7. The van der Waals surface area contributed by atoms with Gasteiger partial charge in [0.05, 0.1) is 25.3 Å². The largest absolute Gasteiger partial charge is 0.490 e. The summed E-state index contributed by atoms with van der Waals surface area (Å²) in [7, 11) is -0.798. The zero-order valence-corrected chi connectivity index (χ0v) is 19.3. The van der Waals surface area contributed by atoms with Crippen molar-refractivity contribution in [2.24, 2.45) is 0 Å². The van der Waals surface area contributed by atoms with Crippen molar-refractivity contribution in [1.29, 1.82) is 0 Å². The summed E-state index contributed by atoms with van der Waals surface area (Å²) in [6, 6.07) is 9.83. The highest BCUT2D eigenvalue weighted by Crippen LogP contribution is 2.34. The number of carbonyl (C=O) groups excluding carboxylic acids is 1. The van der Waals surface area contributed by atoms with E-state index in [-0.39, 0.29) is 22.9 Å². The third-order valence-corrected chi connectivity index (χ3v) is 6.59. The fourth-order valence-electron chi connectivity index (χ4n) is 2.61. The smallest absolute Gasteiger partial charge is 0.244 e. The van der Waals surface area contributed by atoms with Crippen LogP contribution < -0.4 is 14.8 Å². The lowest BCUT2D eigenvalue weighted by molar-refractivity contribution is -0.115. The SMILES string of the molecule is CCOc1cc(Br)c(CC(=O)Nc2ccccc2S(=O)(=O)N(C)C)cc1OCC. The molecule has 0 bridgehead atoms. The van der Waals surface area contributed by atoms with Gasteiger partial charge < -0.3 is 14.8 Å². The van der Waals surface area contributed by atoms with Gasteiger partial charge in [-0.05, 0) is 43.7 Å². The van der Waals surface area contributed by atoms with Crippen molar-refractivity contribution in [1.82, 2.24) is 4.31 Å². The van der Waals surface area contributed by atoms with E-state index in [0.717, 1.165) is 4.31 Å². The third-order valence-electron chi connectivity index (χ3n) is 3.98. The Bertz CT molecular complexity index is 977. The predicted molar refractivity (Wildman–Crippen MR) is 116 cm³/mol. The van der Waals surface area contributed by atoms with Gasteiger partial charge in [0.25, 0.3) is 0 Å². The Kier molecular flexibility index (Phi) is 8.06. The first-order valence-corrected chi connectivity index (χ1v) is 11.3.